The number of nitrogens with zero attached hydrogens (tertiary/aromatic N) is 2. The van der Waals surface area contributed by atoms with E-state index >= 15 is 0 Å². The van der Waals surface area contributed by atoms with Crippen molar-refractivity contribution in [1.82, 2.24) is 9.78 Å². The van der Waals surface area contributed by atoms with Gasteiger partial charge in [-0.05, 0) is 18.8 Å². The van der Waals surface area contributed by atoms with Gasteiger partial charge >= 0.3 is 0 Å². The number of rotatable bonds is 1. The first kappa shape index (κ1) is 9.52. The highest BCUT2D eigenvalue weighted by Crippen LogP contribution is 2.42. The van der Waals surface area contributed by atoms with Crippen LogP contribution in [0.15, 0.2) is 0 Å². The molecule has 15 heavy (non-hydrogen) atoms. The van der Waals surface area contributed by atoms with Gasteiger partial charge in [0.1, 0.15) is 10.8 Å². The molecule has 0 bridgehead atoms. The highest BCUT2D eigenvalue weighted by molar-refractivity contribution is 6.33. The Morgan fingerprint density at radius 1 is 1.47 bits per heavy atom. The maximum absolute atomic E-state index is 6.35. The molecule has 1 fully saturated rings. The number of anilines is 1. The van der Waals surface area contributed by atoms with Crippen molar-refractivity contribution in [3.63, 3.8) is 0 Å². The Hall–Kier alpha value is -0.700. The summed E-state index contributed by atoms with van der Waals surface area (Å²) < 4.78 is 2.05. The summed E-state index contributed by atoms with van der Waals surface area (Å²) >= 11 is 6.35. The van der Waals surface area contributed by atoms with Crippen molar-refractivity contribution in [2.24, 2.45) is 5.92 Å². The fourth-order valence-corrected chi connectivity index (χ4v) is 2.69. The molecule has 4 heteroatoms. The summed E-state index contributed by atoms with van der Waals surface area (Å²) in [6.45, 7) is 4.23. The van der Waals surface area contributed by atoms with Crippen LogP contribution in [0.25, 0.3) is 0 Å². The van der Waals surface area contributed by atoms with Gasteiger partial charge in [-0.15, -0.1) is 0 Å². The minimum atomic E-state index is 0.618. The Labute approximate surface area is 94.8 Å². The van der Waals surface area contributed by atoms with Gasteiger partial charge in [-0.2, -0.15) is 5.10 Å². The molecular formula is C11H16ClN3. The number of hydrogen-bond acceptors (Lipinski definition) is 2. The Morgan fingerprint density at radius 2 is 2.27 bits per heavy atom. The van der Waals surface area contributed by atoms with Gasteiger partial charge in [0.05, 0.1) is 5.69 Å². The second-order valence-corrected chi connectivity index (χ2v) is 5.22. The van der Waals surface area contributed by atoms with Crippen molar-refractivity contribution in [3.05, 3.63) is 10.7 Å². The van der Waals surface area contributed by atoms with Crippen LogP contribution in [0.5, 0.6) is 0 Å². The molecule has 1 aliphatic heterocycles. The van der Waals surface area contributed by atoms with Crippen LogP contribution in [0.1, 0.15) is 37.8 Å². The largest absolute Gasteiger partial charge is 0.369 e. The molecule has 82 valence electrons. The fourth-order valence-electron chi connectivity index (χ4n) is 2.33. The van der Waals surface area contributed by atoms with Crippen molar-refractivity contribution in [1.29, 1.82) is 0 Å². The van der Waals surface area contributed by atoms with E-state index in [0.29, 0.717) is 11.8 Å². The Bertz CT molecular complexity index is 381. The fraction of sp³-hybridized carbons (Fsp3) is 0.727. The van der Waals surface area contributed by atoms with Gasteiger partial charge in [0.15, 0.2) is 0 Å². The van der Waals surface area contributed by atoms with Gasteiger partial charge in [0, 0.05) is 19.0 Å². The summed E-state index contributed by atoms with van der Waals surface area (Å²) in [5, 5.41) is 8.88. The second-order valence-electron chi connectivity index (χ2n) is 4.84. The lowest BCUT2D eigenvalue weighted by molar-refractivity contribution is 0.395. The molecule has 2 heterocycles. The summed E-state index contributed by atoms with van der Waals surface area (Å²) in [4.78, 5) is 0. The summed E-state index contributed by atoms with van der Waals surface area (Å²) in [6.07, 6.45) is 3.84. The third kappa shape index (κ3) is 1.44. The van der Waals surface area contributed by atoms with Gasteiger partial charge in [-0.25, -0.2) is 4.68 Å². The van der Waals surface area contributed by atoms with Crippen molar-refractivity contribution in [2.75, 3.05) is 11.9 Å². The molecule has 1 atom stereocenters. The molecule has 1 aromatic heterocycles. The third-order valence-electron chi connectivity index (χ3n) is 3.51. The van der Waals surface area contributed by atoms with E-state index in [-0.39, 0.29) is 0 Å². The monoisotopic (exact) mass is 225 g/mol. The van der Waals surface area contributed by atoms with Crippen molar-refractivity contribution < 1.29 is 0 Å². The average molecular weight is 226 g/mol. The van der Waals surface area contributed by atoms with E-state index in [4.69, 9.17) is 11.6 Å². The summed E-state index contributed by atoms with van der Waals surface area (Å²) in [5.41, 5.74) is 1.12. The summed E-state index contributed by atoms with van der Waals surface area (Å²) in [7, 11) is 0. The quantitative estimate of drug-likeness (QED) is 0.797. The number of nitrogens with one attached hydrogen (secondary N) is 1. The molecular weight excluding hydrogens is 210 g/mol. The van der Waals surface area contributed by atoms with Crippen LogP contribution in [-0.2, 0) is 6.54 Å². The number of halogens is 1. The van der Waals surface area contributed by atoms with E-state index in [9.17, 15) is 0 Å². The Kier molecular flexibility index (Phi) is 2.16. The van der Waals surface area contributed by atoms with Crippen molar-refractivity contribution in [3.8, 4) is 0 Å². The molecule has 0 spiro atoms. The number of fused-ring (bicyclic) bond motifs is 1. The van der Waals surface area contributed by atoms with E-state index < -0.39 is 0 Å². The molecule has 1 saturated carbocycles. The Morgan fingerprint density at radius 3 is 2.93 bits per heavy atom. The highest BCUT2D eigenvalue weighted by atomic mass is 35.5. The van der Waals surface area contributed by atoms with E-state index in [1.165, 1.54) is 19.3 Å². The van der Waals surface area contributed by atoms with Gasteiger partial charge in [-0.1, -0.05) is 24.9 Å². The number of aromatic nitrogens is 2. The minimum absolute atomic E-state index is 0.618. The third-order valence-corrected chi connectivity index (χ3v) is 3.89. The summed E-state index contributed by atoms with van der Waals surface area (Å²) in [6, 6.07) is 0. The van der Waals surface area contributed by atoms with E-state index in [1.54, 1.807) is 0 Å². The van der Waals surface area contributed by atoms with E-state index in [1.807, 2.05) is 4.68 Å². The zero-order valence-corrected chi connectivity index (χ0v) is 9.72. The van der Waals surface area contributed by atoms with Crippen LogP contribution in [0.3, 0.4) is 0 Å². The maximum Gasteiger partial charge on any atom is 0.143 e. The van der Waals surface area contributed by atoms with Gasteiger partial charge < -0.3 is 5.32 Å². The molecule has 0 saturated heterocycles. The summed E-state index contributed by atoms with van der Waals surface area (Å²) in [5.74, 6) is 2.30. The molecule has 1 unspecified atom stereocenters. The SMILES string of the molecule is CC1CNc2c(Cl)c(C3CCC3)nn2C1. The Balaban J connectivity index is 1.96. The van der Waals surface area contributed by atoms with Crippen LogP contribution >= 0.6 is 11.6 Å². The highest BCUT2D eigenvalue weighted by Gasteiger charge is 2.29. The molecule has 1 aromatic rings. The van der Waals surface area contributed by atoms with Crippen LogP contribution in [0.2, 0.25) is 5.02 Å². The maximum atomic E-state index is 6.35. The molecule has 1 N–H and O–H groups in total. The molecule has 2 aliphatic rings. The lowest BCUT2D eigenvalue weighted by atomic mass is 9.83. The zero-order chi connectivity index (χ0) is 10.4. The van der Waals surface area contributed by atoms with Crippen LogP contribution in [0, 0.1) is 5.92 Å². The standard InChI is InChI=1S/C11H16ClN3/c1-7-5-13-11-9(12)10(8-3-2-4-8)14-15(11)6-7/h7-8,13H,2-6H2,1H3. The topological polar surface area (TPSA) is 29.9 Å². The predicted octanol–water partition coefficient (Wildman–Crippen LogP) is 2.87. The van der Waals surface area contributed by atoms with Crippen LogP contribution in [-0.4, -0.2) is 16.3 Å². The van der Waals surface area contributed by atoms with E-state index in [2.05, 4.69) is 17.3 Å². The van der Waals surface area contributed by atoms with Gasteiger partial charge in [0.25, 0.3) is 0 Å². The number of hydrogen-bond donors (Lipinski definition) is 1. The molecule has 3 nitrogen and oxygen atoms in total. The minimum Gasteiger partial charge on any atom is -0.369 e. The first-order valence-electron chi connectivity index (χ1n) is 5.75. The van der Waals surface area contributed by atoms with Crippen molar-refractivity contribution in [2.45, 2.75) is 38.6 Å². The lowest BCUT2D eigenvalue weighted by Crippen LogP contribution is -2.25. The van der Waals surface area contributed by atoms with Crippen LogP contribution < -0.4 is 5.32 Å². The molecule has 0 radical (unpaired) electrons. The lowest BCUT2D eigenvalue weighted by Gasteiger charge is -2.23. The molecule has 3 rings (SSSR count). The first-order chi connectivity index (χ1) is 7.25. The van der Waals surface area contributed by atoms with Crippen molar-refractivity contribution >= 4 is 17.4 Å². The van der Waals surface area contributed by atoms with Crippen LogP contribution in [0.4, 0.5) is 5.82 Å². The molecule has 1 aliphatic carbocycles. The zero-order valence-electron chi connectivity index (χ0n) is 8.96. The first-order valence-corrected chi connectivity index (χ1v) is 6.13. The average Bonchev–Trinajstić information content (AvgIpc) is 2.41. The van der Waals surface area contributed by atoms with Gasteiger partial charge in [0.2, 0.25) is 0 Å². The predicted molar refractivity (Wildman–Crippen MR) is 61.5 cm³/mol. The van der Waals surface area contributed by atoms with E-state index in [0.717, 1.165) is 29.6 Å². The second kappa shape index (κ2) is 3.41. The molecule has 0 amide bonds. The smallest absolute Gasteiger partial charge is 0.143 e. The normalized spacial score (nSPS) is 25.6. The molecule has 0 aromatic carbocycles. The van der Waals surface area contributed by atoms with Gasteiger partial charge in [-0.3, -0.25) is 0 Å².